The zero-order chi connectivity index (χ0) is 17.9. The normalized spacial score (nSPS) is 11.2. The molecule has 0 saturated heterocycles. The second kappa shape index (κ2) is 6.96. The molecule has 0 bridgehead atoms. The summed E-state index contributed by atoms with van der Waals surface area (Å²) >= 11 is 5.99. The van der Waals surface area contributed by atoms with Crippen molar-refractivity contribution in [2.24, 2.45) is 0 Å². The fraction of sp³-hybridized carbons (Fsp3) is 0.200. The third kappa shape index (κ3) is 3.88. The Morgan fingerprint density at radius 3 is 2.50 bits per heavy atom. The number of hydrogen-bond donors (Lipinski definition) is 1. The van der Waals surface area contributed by atoms with Gasteiger partial charge in [0.1, 0.15) is 0 Å². The van der Waals surface area contributed by atoms with Crippen LogP contribution in [0.3, 0.4) is 0 Å². The maximum absolute atomic E-state index is 12.6. The molecular weight excluding hydrogens is 349 g/mol. The van der Waals surface area contributed by atoms with Gasteiger partial charge < -0.3 is 14.6 Å². The van der Waals surface area contributed by atoms with Crippen molar-refractivity contribution in [2.45, 2.75) is 13.1 Å². The number of halogens is 4. The molecule has 5 nitrogen and oxygen atoms in total. The van der Waals surface area contributed by atoms with Gasteiger partial charge in [-0.3, -0.25) is 9.59 Å². The highest BCUT2D eigenvalue weighted by atomic mass is 35.5. The molecule has 24 heavy (non-hydrogen) atoms. The predicted octanol–water partition coefficient (Wildman–Crippen LogP) is 4.10. The highest BCUT2D eigenvalue weighted by Crippen LogP contribution is 2.30. The Hall–Kier alpha value is -2.48. The van der Waals surface area contributed by atoms with Gasteiger partial charge in [-0.2, -0.15) is 13.2 Å². The average Bonchev–Trinajstić information content (AvgIpc) is 3.04. The van der Waals surface area contributed by atoms with Crippen LogP contribution in [0.5, 0.6) is 0 Å². The standard InChI is InChI=1S/C15H12ClF3N2O3/c1-2-21(14(23)15(17,18)19)9-5-6-11(10(16)8-9)20-13(22)12-4-3-7-24-12/h3-8H,2H2,1H3,(H,20,22). The summed E-state index contributed by atoms with van der Waals surface area (Å²) < 4.78 is 42.7. The number of carbonyl (C=O) groups excluding carboxylic acids is 2. The molecule has 2 aromatic rings. The maximum atomic E-state index is 12.6. The van der Waals surface area contributed by atoms with Gasteiger partial charge in [0.2, 0.25) is 0 Å². The van der Waals surface area contributed by atoms with E-state index >= 15 is 0 Å². The number of nitrogens with one attached hydrogen (secondary N) is 1. The summed E-state index contributed by atoms with van der Waals surface area (Å²) in [4.78, 5) is 23.8. The van der Waals surface area contributed by atoms with Gasteiger partial charge in [-0.25, -0.2) is 0 Å². The van der Waals surface area contributed by atoms with E-state index in [-0.39, 0.29) is 28.7 Å². The van der Waals surface area contributed by atoms with Gasteiger partial charge in [-0.1, -0.05) is 11.6 Å². The first-order valence-electron chi connectivity index (χ1n) is 6.77. The molecule has 0 aliphatic heterocycles. The first-order chi connectivity index (χ1) is 11.2. The van der Waals surface area contributed by atoms with E-state index in [1.54, 1.807) is 0 Å². The van der Waals surface area contributed by atoms with Crippen molar-refractivity contribution in [3.63, 3.8) is 0 Å². The minimum absolute atomic E-state index is 0.0131. The van der Waals surface area contributed by atoms with E-state index in [1.165, 1.54) is 43.5 Å². The van der Waals surface area contributed by atoms with Crippen molar-refractivity contribution in [1.82, 2.24) is 0 Å². The van der Waals surface area contributed by atoms with Gasteiger partial charge in [0.05, 0.1) is 17.0 Å². The lowest BCUT2D eigenvalue weighted by Gasteiger charge is -2.22. The van der Waals surface area contributed by atoms with Crippen LogP contribution in [0.1, 0.15) is 17.5 Å². The van der Waals surface area contributed by atoms with Crippen molar-refractivity contribution in [3.05, 3.63) is 47.4 Å². The molecule has 0 unspecified atom stereocenters. The quantitative estimate of drug-likeness (QED) is 0.892. The summed E-state index contributed by atoms with van der Waals surface area (Å²) in [5.41, 5.74) is 0.151. The topological polar surface area (TPSA) is 62.6 Å². The van der Waals surface area contributed by atoms with Gasteiger partial charge in [-0.05, 0) is 37.3 Å². The zero-order valence-corrected chi connectivity index (χ0v) is 13.1. The van der Waals surface area contributed by atoms with Gasteiger partial charge in [0.15, 0.2) is 5.76 Å². The molecule has 2 amide bonds. The summed E-state index contributed by atoms with van der Waals surface area (Å²) in [5, 5.41) is 2.45. The average molecular weight is 361 g/mol. The number of nitrogens with zero attached hydrogens (tertiary/aromatic N) is 1. The first kappa shape index (κ1) is 17.9. The predicted molar refractivity (Wildman–Crippen MR) is 82.2 cm³/mol. The summed E-state index contributed by atoms with van der Waals surface area (Å²) in [6.07, 6.45) is -3.67. The van der Waals surface area contributed by atoms with E-state index in [0.29, 0.717) is 4.90 Å². The number of alkyl halides is 3. The second-order valence-corrected chi connectivity index (χ2v) is 5.05. The Morgan fingerprint density at radius 1 is 1.29 bits per heavy atom. The molecule has 0 fully saturated rings. The van der Waals surface area contributed by atoms with Crippen molar-refractivity contribution in [2.75, 3.05) is 16.8 Å². The lowest BCUT2D eigenvalue weighted by atomic mass is 10.2. The summed E-state index contributed by atoms with van der Waals surface area (Å²) in [5.74, 6) is -2.50. The molecule has 1 N–H and O–H groups in total. The van der Waals surface area contributed by atoms with Crippen molar-refractivity contribution in [3.8, 4) is 0 Å². The SMILES string of the molecule is CCN(C(=O)C(F)(F)F)c1ccc(NC(=O)c2ccco2)c(Cl)c1. The van der Waals surface area contributed by atoms with Crippen LogP contribution in [0.15, 0.2) is 41.0 Å². The molecule has 0 spiro atoms. The Bertz CT molecular complexity index is 745. The molecule has 0 aliphatic carbocycles. The molecule has 1 aromatic carbocycles. The van der Waals surface area contributed by atoms with Crippen LogP contribution < -0.4 is 10.2 Å². The van der Waals surface area contributed by atoms with Crippen LogP contribution in [-0.2, 0) is 4.79 Å². The maximum Gasteiger partial charge on any atom is 0.471 e. The molecule has 128 valence electrons. The van der Waals surface area contributed by atoms with Crippen molar-refractivity contribution in [1.29, 1.82) is 0 Å². The van der Waals surface area contributed by atoms with Crippen LogP contribution in [0.4, 0.5) is 24.5 Å². The number of rotatable bonds is 4. The van der Waals surface area contributed by atoms with E-state index in [1.807, 2.05) is 0 Å². The van der Waals surface area contributed by atoms with E-state index in [9.17, 15) is 22.8 Å². The number of benzene rings is 1. The van der Waals surface area contributed by atoms with Crippen LogP contribution in [0.25, 0.3) is 0 Å². The van der Waals surface area contributed by atoms with Crippen LogP contribution >= 0.6 is 11.6 Å². The number of anilines is 2. The first-order valence-corrected chi connectivity index (χ1v) is 7.15. The van der Waals surface area contributed by atoms with Gasteiger partial charge in [0.25, 0.3) is 5.91 Å². The van der Waals surface area contributed by atoms with E-state index in [2.05, 4.69) is 5.32 Å². The molecule has 1 heterocycles. The smallest absolute Gasteiger partial charge is 0.459 e. The highest BCUT2D eigenvalue weighted by molar-refractivity contribution is 6.34. The van der Waals surface area contributed by atoms with Crippen LogP contribution in [0.2, 0.25) is 5.02 Å². The minimum atomic E-state index is -4.99. The van der Waals surface area contributed by atoms with Gasteiger partial charge >= 0.3 is 12.1 Å². The number of amides is 2. The molecule has 0 aliphatic rings. The molecule has 0 saturated carbocycles. The van der Waals surface area contributed by atoms with E-state index in [4.69, 9.17) is 16.0 Å². The Kier molecular flexibility index (Phi) is 5.18. The molecule has 9 heteroatoms. The zero-order valence-electron chi connectivity index (χ0n) is 12.4. The lowest BCUT2D eigenvalue weighted by Crippen LogP contribution is -2.41. The molecule has 2 rings (SSSR count). The summed E-state index contributed by atoms with van der Waals surface area (Å²) in [7, 11) is 0. The molecule has 1 aromatic heterocycles. The fourth-order valence-electron chi connectivity index (χ4n) is 1.96. The van der Waals surface area contributed by atoms with E-state index in [0.717, 1.165) is 0 Å². The second-order valence-electron chi connectivity index (χ2n) is 4.64. The summed E-state index contributed by atoms with van der Waals surface area (Å²) in [6, 6.07) is 6.72. The van der Waals surface area contributed by atoms with Crippen LogP contribution in [0, 0.1) is 0 Å². The monoisotopic (exact) mass is 360 g/mol. The molecule has 0 atom stereocenters. The Labute approximate surface area is 140 Å². The van der Waals surface area contributed by atoms with Gasteiger partial charge in [0, 0.05) is 12.2 Å². The lowest BCUT2D eigenvalue weighted by molar-refractivity contribution is -0.170. The number of furan rings is 1. The minimum Gasteiger partial charge on any atom is -0.459 e. The van der Waals surface area contributed by atoms with Crippen LogP contribution in [-0.4, -0.2) is 24.5 Å². The highest BCUT2D eigenvalue weighted by Gasteiger charge is 2.42. The Balaban J connectivity index is 2.22. The van der Waals surface area contributed by atoms with Crippen molar-refractivity contribution < 1.29 is 27.2 Å². The van der Waals surface area contributed by atoms with Crippen molar-refractivity contribution >= 4 is 34.8 Å². The fourth-order valence-corrected chi connectivity index (χ4v) is 2.18. The molecule has 0 radical (unpaired) electrons. The summed E-state index contributed by atoms with van der Waals surface area (Å²) in [6.45, 7) is 1.22. The Morgan fingerprint density at radius 2 is 2.00 bits per heavy atom. The third-order valence-electron chi connectivity index (χ3n) is 3.06. The number of hydrogen-bond acceptors (Lipinski definition) is 3. The van der Waals surface area contributed by atoms with Gasteiger partial charge in [-0.15, -0.1) is 0 Å². The van der Waals surface area contributed by atoms with E-state index < -0.39 is 18.0 Å². The third-order valence-corrected chi connectivity index (χ3v) is 3.37. The number of carbonyl (C=O) groups is 2. The molecular formula is C15H12ClF3N2O3. The largest absolute Gasteiger partial charge is 0.471 e.